The van der Waals surface area contributed by atoms with E-state index in [1.807, 2.05) is 282 Å². The third kappa shape index (κ3) is 10.7. The molecule has 0 spiro atoms. The van der Waals surface area contributed by atoms with E-state index in [4.69, 9.17) is 0 Å². The maximum absolute atomic E-state index is 2.38. The molecule has 0 amide bonds. The Morgan fingerprint density at radius 3 is 0.380 bits per heavy atom. The van der Waals surface area contributed by atoms with Crippen LogP contribution in [0, 0.1) is 0 Å². The van der Waals surface area contributed by atoms with E-state index < -0.39 is 0 Å². The van der Waals surface area contributed by atoms with Crippen molar-refractivity contribution in [2.75, 3.05) is 25.0 Å². The van der Waals surface area contributed by atoms with Crippen molar-refractivity contribution in [1.82, 2.24) is 0 Å². The smallest absolute Gasteiger partial charge is 0.0718 e. The normalized spacial score (nSPS) is 20.1. The van der Waals surface area contributed by atoms with Gasteiger partial charge in [-0.3, -0.25) is 0 Å². The number of hydrogen-bond acceptors (Lipinski definition) is 24. The molecule has 0 fully saturated rings. The predicted octanol–water partition coefficient (Wildman–Crippen LogP) is 25.7. The molecule has 0 saturated carbocycles. The highest BCUT2D eigenvalue weighted by molar-refractivity contribution is 8.56. The van der Waals surface area contributed by atoms with Gasteiger partial charge in [0.1, 0.15) is 0 Å². The summed E-state index contributed by atoms with van der Waals surface area (Å²) in [6, 6.07) is 55.1. The van der Waals surface area contributed by atoms with E-state index in [9.17, 15) is 0 Å². The average Bonchev–Trinajstić information content (AvgIpc) is 0.987. The molecule has 0 nitrogen and oxygen atoms in total. The van der Waals surface area contributed by atoms with E-state index in [1.54, 1.807) is 0 Å². The first-order valence-electron chi connectivity index (χ1n) is 28.1. The average molecular weight is 1620 g/mol. The molecule has 0 radical (unpaired) electrons. The third-order valence-electron chi connectivity index (χ3n) is 15.8. The van der Waals surface area contributed by atoms with Crippen molar-refractivity contribution in [2.45, 2.75) is 0 Å². The number of fused-ring (bicyclic) bond motifs is 6. The molecular formula is C68H36S24. The lowest BCUT2D eigenvalue weighted by molar-refractivity contribution is 1.69. The largest absolute Gasteiger partial charge is 0.121 e. The molecule has 0 saturated heterocycles. The summed E-state index contributed by atoms with van der Waals surface area (Å²) < 4.78 is 31.2. The fraction of sp³-hybridized carbons (Fsp3) is 0.0588. The summed E-state index contributed by atoms with van der Waals surface area (Å²) in [5.74, 6) is 0. The molecule has 10 aliphatic heterocycles. The molecule has 9 aromatic rings. The number of benzene rings is 9. The van der Waals surface area contributed by atoms with Gasteiger partial charge in [0, 0.05) is 31.3 Å². The van der Waals surface area contributed by atoms with Gasteiger partial charge in [-0.15, -0.1) is 47.0 Å². The van der Waals surface area contributed by atoms with Crippen LogP contribution in [0.5, 0.6) is 0 Å². The lowest BCUT2D eigenvalue weighted by Gasteiger charge is -2.13. The number of thioether (sulfide) groups is 24. The number of rotatable bonds is 4. The second-order valence-electron chi connectivity index (χ2n) is 20.7. The van der Waals surface area contributed by atoms with Crippen LogP contribution in [0.2, 0.25) is 0 Å². The summed E-state index contributed by atoms with van der Waals surface area (Å²) in [5, 5.41) is 24.4. The molecule has 0 aliphatic carbocycles. The Bertz CT molecular complexity index is 5050. The van der Waals surface area contributed by atoms with Gasteiger partial charge in [0.05, 0.1) is 93.2 Å². The summed E-state index contributed by atoms with van der Waals surface area (Å²) in [7, 11) is 0. The zero-order valence-electron chi connectivity index (χ0n) is 47.7. The van der Waals surface area contributed by atoms with Gasteiger partial charge in [0.2, 0.25) is 0 Å². The van der Waals surface area contributed by atoms with Crippen LogP contribution in [0.4, 0.5) is 0 Å². The van der Waals surface area contributed by atoms with Crippen LogP contribution in [-0.4, -0.2) is 25.0 Å². The molecule has 0 aromatic heterocycles. The summed E-state index contributed by atoms with van der Waals surface area (Å²) in [6.45, 7) is 0. The molecule has 10 heterocycles. The van der Waals surface area contributed by atoms with Gasteiger partial charge in [-0.25, -0.2) is 0 Å². The SMILES string of the molecule is CSC1=C(SC)SC(=c2c3ccccc3c(=C3SC4=C(SC(=C5SC6=C(S5)SC(=c5c7ccccc7c(=C7SC8=C(SC(=C9SC%10=C(S9)SC(=c9c%11ccccc%11c(=C%11SC(SC)=C(SC)S%11)c%11ccccc9%11)S%10)S8)S7)c7ccccc57)S6)S4)S3)c3ccccc23)S1. The van der Waals surface area contributed by atoms with Crippen LogP contribution in [0.1, 0.15) is 0 Å². The Kier molecular flexibility index (Phi) is 17.9. The molecule has 24 heteroatoms. The highest BCUT2D eigenvalue weighted by atomic mass is 32.3. The van der Waals surface area contributed by atoms with Crippen molar-refractivity contribution in [3.8, 4) is 0 Å². The Labute approximate surface area is 632 Å². The molecule has 10 aliphatic rings. The third-order valence-corrected chi connectivity index (χ3v) is 49.8. The van der Waals surface area contributed by atoms with E-state index in [-0.39, 0.29) is 0 Å². The van der Waals surface area contributed by atoms with Gasteiger partial charge in [0.15, 0.2) is 0 Å². The Balaban J connectivity index is 0.576. The van der Waals surface area contributed by atoms with Crippen molar-refractivity contribution in [1.29, 1.82) is 0 Å². The van der Waals surface area contributed by atoms with Crippen LogP contribution in [-0.2, 0) is 0 Å². The van der Waals surface area contributed by atoms with E-state index in [2.05, 4.69) is 171 Å². The Morgan fingerprint density at radius 2 is 0.261 bits per heavy atom. The molecule has 0 atom stereocenters. The first-order valence-corrected chi connectivity index (χ1v) is 49.3. The van der Waals surface area contributed by atoms with E-state index >= 15 is 0 Å². The summed E-state index contributed by atoms with van der Waals surface area (Å²) in [5.41, 5.74) is 0. The monoisotopic (exact) mass is 1620 g/mol. The van der Waals surface area contributed by atoms with Crippen molar-refractivity contribution in [3.63, 3.8) is 0 Å². The fourth-order valence-electron chi connectivity index (χ4n) is 12.0. The standard InChI is InChI=1S/C68H36S24/c1-69-53-54(70-2)74-47(73-53)41-29-17-5-9-21-33(29)43(34-22-10-6-18-30(34)41)49-77-57-58(78-49)86-65(85-57)67-89-61-62(90-67)82-51(81-61)45-37-25-13-15-27-39(37)46(40-28-16-14-26-38(40)45)52-83-63-64(84-52)92-68(91-63)66-87-59-60(88-66)80-50(79-59)44-35-23-11-7-19-31(35)42(32-20-8-12-24-36(32)44)48-75-55(71-3)56(72-4)76-48/h5-28H,1-4H3. The first-order chi connectivity index (χ1) is 45.4. The highest BCUT2D eigenvalue weighted by Gasteiger charge is 2.41. The molecule has 19 rings (SSSR count). The second-order valence-corrected chi connectivity index (χ2v) is 50.1. The molecule has 0 unspecified atom stereocenters. The summed E-state index contributed by atoms with van der Waals surface area (Å²) in [6.07, 6.45) is 8.83. The van der Waals surface area contributed by atoms with E-state index in [1.165, 1.54) is 189 Å². The van der Waals surface area contributed by atoms with Crippen LogP contribution in [0.3, 0.4) is 0 Å². The van der Waals surface area contributed by atoms with Crippen LogP contribution >= 0.6 is 282 Å². The summed E-state index contributed by atoms with van der Waals surface area (Å²) in [4.78, 5) is 0. The van der Waals surface area contributed by atoms with Crippen LogP contribution in [0.15, 0.2) is 213 Å². The lowest BCUT2D eigenvalue weighted by atomic mass is 9.99. The Morgan fingerprint density at radius 1 is 0.152 bits per heavy atom. The predicted molar refractivity (Wildman–Crippen MR) is 465 cm³/mol. The quantitative estimate of drug-likeness (QED) is 0.153. The maximum Gasteiger partial charge on any atom is 0.0718 e. The van der Waals surface area contributed by atoms with Gasteiger partial charge < -0.3 is 0 Å². The second kappa shape index (κ2) is 26.2. The molecule has 0 bridgehead atoms. The van der Waals surface area contributed by atoms with Gasteiger partial charge >= 0.3 is 0 Å². The molecule has 0 N–H and O–H groups in total. The summed E-state index contributed by atoms with van der Waals surface area (Å²) >= 11 is 47.2. The minimum absolute atomic E-state index is 1.34. The topological polar surface area (TPSA) is 0 Å². The van der Waals surface area contributed by atoms with Crippen molar-refractivity contribution in [2.24, 2.45) is 0 Å². The minimum atomic E-state index is 1.34. The zero-order valence-corrected chi connectivity index (χ0v) is 67.3. The first kappa shape index (κ1) is 63.0. The fourth-order valence-corrected chi connectivity index (χ4v) is 48.8. The van der Waals surface area contributed by atoms with E-state index in [0.29, 0.717) is 0 Å². The molecule has 9 aromatic carbocycles. The van der Waals surface area contributed by atoms with Gasteiger partial charge in [-0.1, -0.05) is 381 Å². The molecule has 92 heavy (non-hydrogen) atoms. The minimum Gasteiger partial charge on any atom is -0.121 e. The lowest BCUT2D eigenvalue weighted by Crippen LogP contribution is -2.16. The zero-order chi connectivity index (χ0) is 61.0. The van der Waals surface area contributed by atoms with Gasteiger partial charge in [0.25, 0.3) is 0 Å². The van der Waals surface area contributed by atoms with Gasteiger partial charge in [-0.2, -0.15) is 0 Å². The van der Waals surface area contributed by atoms with E-state index in [0.717, 1.165) is 0 Å². The maximum atomic E-state index is 2.38. The molecular weight excluding hydrogens is 1590 g/mol. The van der Waals surface area contributed by atoms with Crippen LogP contribution < -0.4 is 31.3 Å². The Hall–Kier alpha value is 0.0800. The molecule has 452 valence electrons. The van der Waals surface area contributed by atoms with Crippen molar-refractivity contribution in [3.05, 3.63) is 245 Å². The van der Waals surface area contributed by atoms with Crippen LogP contribution in [0.25, 0.3) is 90.1 Å². The highest BCUT2D eigenvalue weighted by Crippen LogP contribution is 2.76. The van der Waals surface area contributed by atoms with Gasteiger partial charge in [-0.05, 0) is 89.7 Å². The van der Waals surface area contributed by atoms with Crippen molar-refractivity contribution < 1.29 is 0 Å². The van der Waals surface area contributed by atoms with Crippen molar-refractivity contribution >= 4 is 372 Å². The number of hydrogen-bond donors (Lipinski definition) is 0.